The van der Waals surface area contributed by atoms with E-state index in [-0.39, 0.29) is 0 Å². The van der Waals surface area contributed by atoms with Crippen molar-refractivity contribution in [3.63, 3.8) is 0 Å². The maximum atomic E-state index is 12.7. The van der Waals surface area contributed by atoms with Gasteiger partial charge in [-0.25, -0.2) is 4.39 Å². The molecule has 0 heterocycles. The van der Waals surface area contributed by atoms with Gasteiger partial charge in [-0.1, -0.05) is 0 Å². The second kappa shape index (κ2) is 4.81. The van der Waals surface area contributed by atoms with Gasteiger partial charge in [0, 0.05) is 0 Å². The molecule has 0 fully saturated rings. The Morgan fingerprint density at radius 3 is 0.850 bits per heavy atom. The molecule has 0 spiro atoms. The summed E-state index contributed by atoms with van der Waals surface area (Å²) in [5.74, 6) is -29.2. The van der Waals surface area contributed by atoms with Gasteiger partial charge >= 0.3 is 29.9 Å². The van der Waals surface area contributed by atoms with Gasteiger partial charge in [-0.05, 0) is 31.9 Å². The van der Waals surface area contributed by atoms with Gasteiger partial charge in [-0.15, -0.1) is 0 Å². The van der Waals surface area contributed by atoms with Crippen LogP contribution in [0.4, 0.5) is 52.7 Å². The normalized spacial score (nSPS) is 16.5. The molecule has 20 heavy (non-hydrogen) atoms. The Kier molecular flexibility index (Phi) is 4.84. The minimum absolute atomic E-state index is 1.11. The molecule has 0 unspecified atom stereocenters. The molecular weight excluding hydrogens is 460 g/mol. The van der Waals surface area contributed by atoms with Crippen molar-refractivity contribution in [2.24, 2.45) is 0 Å². The second-order valence-electron chi connectivity index (χ2n) is 3.29. The topological polar surface area (TPSA) is 0 Å². The number of hydrogen-bond donors (Lipinski definition) is 0. The summed E-state index contributed by atoms with van der Waals surface area (Å²) in [6.07, 6.45) is -7.27. The van der Waals surface area contributed by atoms with Gasteiger partial charge in [0.25, 0.3) is 3.49 Å². The Labute approximate surface area is 118 Å². The maximum Gasteiger partial charge on any atom is 0.460 e. The van der Waals surface area contributed by atoms with Crippen LogP contribution in [0.25, 0.3) is 0 Å². The van der Waals surface area contributed by atoms with E-state index in [9.17, 15) is 52.7 Å². The van der Waals surface area contributed by atoms with Crippen molar-refractivity contribution in [3.8, 4) is 0 Å². The summed E-state index contributed by atoms with van der Waals surface area (Å²) >= 11 is 2.21. The Morgan fingerprint density at radius 2 is 0.650 bits per heavy atom. The van der Waals surface area contributed by atoms with Crippen LogP contribution in [0, 0.1) is 0 Å². The summed E-state index contributed by atoms with van der Waals surface area (Å²) in [7, 11) is 0. The summed E-state index contributed by atoms with van der Waals surface area (Å²) in [4.78, 5) is 0. The van der Waals surface area contributed by atoms with Crippen LogP contribution in [-0.4, -0.2) is 33.4 Å². The molecule has 0 N–H and O–H groups in total. The Bertz CT molecular complexity index is 327. The number of rotatable bonds is 4. The molecule has 0 aliphatic heterocycles. The Morgan fingerprint density at radius 1 is 0.400 bits per heavy atom. The summed E-state index contributed by atoms with van der Waals surface area (Å²) < 4.78 is 143. The van der Waals surface area contributed by atoms with Crippen molar-refractivity contribution in [3.05, 3.63) is 0 Å². The molecule has 0 aliphatic rings. The van der Waals surface area contributed by atoms with Crippen LogP contribution in [0.1, 0.15) is 0 Å². The zero-order chi connectivity index (χ0) is 17.0. The van der Waals surface area contributed by atoms with Crippen LogP contribution in [0.5, 0.6) is 0 Å². The molecule has 0 nitrogen and oxygen atoms in total. The number of halogens is 14. The van der Waals surface area contributed by atoms with E-state index in [0.29, 0.717) is 0 Å². The van der Waals surface area contributed by atoms with E-state index in [4.69, 9.17) is 0 Å². The van der Waals surface area contributed by atoms with Gasteiger partial charge in [0.15, 0.2) is 0 Å². The zero-order valence-corrected chi connectivity index (χ0v) is 11.5. The first-order valence-electron chi connectivity index (χ1n) is 3.90. The average Bonchev–Trinajstić information content (AvgIpc) is 2.12. The smallest absolute Gasteiger partial charge is 0.211 e. The Hall–Kier alpha value is 0.120. The van der Waals surface area contributed by atoms with E-state index in [0.717, 1.165) is 31.9 Å². The van der Waals surface area contributed by atoms with Crippen molar-refractivity contribution in [2.75, 3.05) is 0 Å². The monoisotopic (exact) mass is 458 g/mol. The summed E-state index contributed by atoms with van der Waals surface area (Å²) in [5, 5.41) is 0. The first kappa shape index (κ1) is 20.1. The molecule has 0 radical (unpaired) electrons. The van der Waals surface area contributed by atoms with Crippen molar-refractivity contribution in [1.29, 1.82) is 0 Å². The minimum atomic E-state index is -7.62. The molecule has 0 aliphatic carbocycles. The minimum Gasteiger partial charge on any atom is -0.211 e. The highest BCUT2D eigenvalue weighted by molar-refractivity contribution is 9.25. The van der Waals surface area contributed by atoms with E-state index >= 15 is 0 Å². The van der Waals surface area contributed by atoms with E-state index in [1.54, 1.807) is 0 Å². The maximum absolute atomic E-state index is 12.7. The molecule has 0 aromatic rings. The largest absolute Gasteiger partial charge is 0.460 e. The molecular formula is C6Br2F12. The van der Waals surface area contributed by atoms with Crippen LogP contribution in [0.3, 0.4) is 0 Å². The van der Waals surface area contributed by atoms with E-state index in [2.05, 4.69) is 0 Å². The van der Waals surface area contributed by atoms with Crippen LogP contribution in [0.2, 0.25) is 0 Å². The average molecular weight is 460 g/mol. The lowest BCUT2D eigenvalue weighted by atomic mass is 9.99. The third-order valence-corrected chi connectivity index (χ3v) is 2.89. The fourth-order valence-electron chi connectivity index (χ4n) is 0.750. The van der Waals surface area contributed by atoms with Gasteiger partial charge in [0.2, 0.25) is 0 Å². The van der Waals surface area contributed by atoms with Crippen molar-refractivity contribution in [2.45, 2.75) is 33.4 Å². The van der Waals surface area contributed by atoms with Crippen LogP contribution in [-0.2, 0) is 0 Å². The fourth-order valence-corrected chi connectivity index (χ4v) is 1.25. The first-order chi connectivity index (χ1) is 8.25. The summed E-state index contributed by atoms with van der Waals surface area (Å²) in [6, 6.07) is 0. The predicted molar refractivity (Wildman–Crippen MR) is 47.5 cm³/mol. The van der Waals surface area contributed by atoms with Crippen LogP contribution < -0.4 is 0 Å². The third kappa shape index (κ3) is 2.61. The number of alkyl halides is 14. The standard InChI is InChI=1S/C6Br2F12/c7-5(8,17)3(13,14)1(9,10)2(11,12)4(15,16)6(18,19)20. The molecule has 0 saturated heterocycles. The SMILES string of the molecule is FC(F)(F)C(F)(F)C(F)(F)C(F)(F)C(F)(F)C(F)(Br)Br. The van der Waals surface area contributed by atoms with Gasteiger partial charge in [0.1, 0.15) is 0 Å². The van der Waals surface area contributed by atoms with Crippen molar-refractivity contribution >= 4 is 31.9 Å². The summed E-state index contributed by atoms with van der Waals surface area (Å²) in [6.45, 7) is 0. The molecule has 14 heteroatoms. The van der Waals surface area contributed by atoms with Gasteiger partial charge < -0.3 is 0 Å². The molecule has 0 aromatic carbocycles. The summed E-state index contributed by atoms with van der Waals surface area (Å²) in [5.41, 5.74) is 0. The molecule has 0 rings (SSSR count). The van der Waals surface area contributed by atoms with Gasteiger partial charge in [-0.2, -0.15) is 48.3 Å². The molecule has 0 amide bonds. The van der Waals surface area contributed by atoms with E-state index < -0.39 is 33.4 Å². The first-order valence-corrected chi connectivity index (χ1v) is 5.48. The van der Waals surface area contributed by atoms with Gasteiger partial charge in [0.05, 0.1) is 0 Å². The van der Waals surface area contributed by atoms with Crippen molar-refractivity contribution in [1.82, 2.24) is 0 Å². The van der Waals surface area contributed by atoms with E-state index in [1.165, 1.54) is 0 Å². The van der Waals surface area contributed by atoms with Crippen LogP contribution in [0.15, 0.2) is 0 Å². The quantitative estimate of drug-likeness (QED) is 0.384. The molecule has 0 atom stereocenters. The fraction of sp³-hybridized carbons (Fsp3) is 1.00. The Balaban J connectivity index is 6.08. The zero-order valence-electron chi connectivity index (χ0n) is 8.29. The third-order valence-electron chi connectivity index (χ3n) is 1.90. The number of hydrogen-bond acceptors (Lipinski definition) is 0. The predicted octanol–water partition coefficient (Wildman–Crippen LogP) is 5.50. The molecule has 0 aromatic heterocycles. The second-order valence-corrected chi connectivity index (χ2v) is 6.54. The van der Waals surface area contributed by atoms with Crippen molar-refractivity contribution < 1.29 is 52.7 Å². The molecule has 122 valence electrons. The molecule has 0 saturated carbocycles. The molecule has 0 bridgehead atoms. The van der Waals surface area contributed by atoms with Gasteiger partial charge in [-0.3, -0.25) is 0 Å². The van der Waals surface area contributed by atoms with Crippen LogP contribution >= 0.6 is 31.9 Å². The van der Waals surface area contributed by atoms with E-state index in [1.807, 2.05) is 0 Å². The lowest BCUT2D eigenvalue weighted by Crippen LogP contribution is -2.68. The highest BCUT2D eigenvalue weighted by Gasteiger charge is 2.89. The highest BCUT2D eigenvalue weighted by Crippen LogP contribution is 2.62. The lowest BCUT2D eigenvalue weighted by Gasteiger charge is -2.39. The highest BCUT2D eigenvalue weighted by atomic mass is 79.9. The lowest BCUT2D eigenvalue weighted by molar-refractivity contribution is -0.424.